The van der Waals surface area contributed by atoms with Gasteiger partial charge in [-0.2, -0.15) is 0 Å². The Morgan fingerprint density at radius 1 is 1.32 bits per heavy atom. The second-order valence-electron chi connectivity index (χ2n) is 4.49. The number of anilines is 2. The molecule has 0 aliphatic rings. The zero-order valence-corrected chi connectivity index (χ0v) is 11.3. The fourth-order valence-corrected chi connectivity index (χ4v) is 1.94. The average Bonchev–Trinajstić information content (AvgIpc) is 2.41. The van der Waals surface area contributed by atoms with Crippen LogP contribution in [-0.4, -0.2) is 15.0 Å². The molecule has 2 rings (SSSR count). The van der Waals surface area contributed by atoms with Crippen molar-refractivity contribution in [2.75, 3.05) is 11.1 Å². The number of aryl methyl sites for hydroxylation is 1. The SMILES string of the molecule is CCCc1c(N)ncnc1NCc1cnccc1C. The molecular formula is C14H19N5. The number of hydrogen-bond acceptors (Lipinski definition) is 5. The van der Waals surface area contributed by atoms with E-state index >= 15 is 0 Å². The van der Waals surface area contributed by atoms with Crippen molar-refractivity contribution < 1.29 is 0 Å². The summed E-state index contributed by atoms with van der Waals surface area (Å²) in [5.74, 6) is 1.37. The van der Waals surface area contributed by atoms with E-state index in [1.165, 1.54) is 11.9 Å². The van der Waals surface area contributed by atoms with Gasteiger partial charge in [-0.25, -0.2) is 9.97 Å². The Morgan fingerprint density at radius 2 is 2.16 bits per heavy atom. The molecule has 5 nitrogen and oxygen atoms in total. The average molecular weight is 257 g/mol. The Kier molecular flexibility index (Phi) is 4.28. The van der Waals surface area contributed by atoms with Crippen LogP contribution >= 0.6 is 0 Å². The third-order valence-electron chi connectivity index (χ3n) is 3.07. The van der Waals surface area contributed by atoms with Crippen molar-refractivity contribution in [3.63, 3.8) is 0 Å². The quantitative estimate of drug-likeness (QED) is 0.859. The first-order valence-electron chi connectivity index (χ1n) is 6.45. The molecule has 2 aromatic heterocycles. The maximum atomic E-state index is 5.90. The molecule has 0 aliphatic heterocycles. The highest BCUT2D eigenvalue weighted by molar-refractivity contribution is 5.55. The normalized spacial score (nSPS) is 10.4. The van der Waals surface area contributed by atoms with Crippen LogP contribution in [0.3, 0.4) is 0 Å². The molecule has 0 fully saturated rings. The molecule has 2 heterocycles. The highest BCUT2D eigenvalue weighted by atomic mass is 15.0. The van der Waals surface area contributed by atoms with Gasteiger partial charge in [0.05, 0.1) is 0 Å². The van der Waals surface area contributed by atoms with Crippen LogP contribution in [0.4, 0.5) is 11.6 Å². The number of nitrogens with one attached hydrogen (secondary N) is 1. The Labute approximate surface area is 113 Å². The predicted octanol–water partition coefficient (Wildman–Crippen LogP) is 2.33. The van der Waals surface area contributed by atoms with Gasteiger partial charge in [-0.1, -0.05) is 13.3 Å². The lowest BCUT2D eigenvalue weighted by Crippen LogP contribution is -2.09. The lowest BCUT2D eigenvalue weighted by Gasteiger charge is -2.12. The minimum Gasteiger partial charge on any atom is -0.383 e. The first-order chi connectivity index (χ1) is 9.22. The predicted molar refractivity (Wildman–Crippen MR) is 76.7 cm³/mol. The van der Waals surface area contributed by atoms with E-state index in [-0.39, 0.29) is 0 Å². The maximum Gasteiger partial charge on any atom is 0.134 e. The summed E-state index contributed by atoms with van der Waals surface area (Å²) in [5.41, 5.74) is 9.26. The zero-order valence-electron chi connectivity index (χ0n) is 11.3. The van der Waals surface area contributed by atoms with Crippen LogP contribution in [0.25, 0.3) is 0 Å². The number of nitrogens with zero attached hydrogens (tertiary/aromatic N) is 3. The number of aromatic nitrogens is 3. The largest absolute Gasteiger partial charge is 0.383 e. The molecule has 0 saturated carbocycles. The molecule has 0 amide bonds. The summed E-state index contributed by atoms with van der Waals surface area (Å²) < 4.78 is 0. The second-order valence-corrected chi connectivity index (χ2v) is 4.49. The van der Waals surface area contributed by atoms with Crippen LogP contribution in [0.1, 0.15) is 30.0 Å². The van der Waals surface area contributed by atoms with Gasteiger partial charge in [0, 0.05) is 24.5 Å². The second kappa shape index (κ2) is 6.13. The molecule has 0 bridgehead atoms. The molecule has 19 heavy (non-hydrogen) atoms. The van der Waals surface area contributed by atoms with E-state index in [0.717, 1.165) is 29.8 Å². The van der Waals surface area contributed by atoms with Crippen LogP contribution in [0.2, 0.25) is 0 Å². The fourth-order valence-electron chi connectivity index (χ4n) is 1.94. The number of hydrogen-bond donors (Lipinski definition) is 2. The first kappa shape index (κ1) is 13.3. The minimum atomic E-state index is 0.558. The lowest BCUT2D eigenvalue weighted by atomic mass is 10.1. The first-order valence-corrected chi connectivity index (χ1v) is 6.45. The van der Waals surface area contributed by atoms with Gasteiger partial charge in [0.1, 0.15) is 18.0 Å². The van der Waals surface area contributed by atoms with Gasteiger partial charge in [-0.15, -0.1) is 0 Å². The van der Waals surface area contributed by atoms with Crippen molar-refractivity contribution in [1.82, 2.24) is 15.0 Å². The standard InChI is InChI=1S/C14H19N5/c1-3-4-12-13(15)18-9-19-14(12)17-8-11-7-16-6-5-10(11)2/h5-7,9H,3-4,8H2,1-2H3,(H3,15,17,18,19). The molecule has 0 atom stereocenters. The van der Waals surface area contributed by atoms with Gasteiger partial charge in [0.15, 0.2) is 0 Å². The topological polar surface area (TPSA) is 76.7 Å². The van der Waals surface area contributed by atoms with Gasteiger partial charge in [-0.05, 0) is 30.5 Å². The zero-order chi connectivity index (χ0) is 13.7. The van der Waals surface area contributed by atoms with Crippen molar-refractivity contribution in [1.29, 1.82) is 0 Å². The Hall–Kier alpha value is -2.17. The molecule has 0 aromatic carbocycles. The molecular weight excluding hydrogens is 238 g/mol. The van der Waals surface area contributed by atoms with Gasteiger partial charge in [-0.3, -0.25) is 4.98 Å². The van der Waals surface area contributed by atoms with Crippen LogP contribution in [0, 0.1) is 6.92 Å². The van der Waals surface area contributed by atoms with Crippen molar-refractivity contribution in [2.45, 2.75) is 33.2 Å². The summed E-state index contributed by atoms with van der Waals surface area (Å²) in [6.45, 7) is 4.87. The molecule has 0 unspecified atom stereocenters. The molecule has 0 saturated heterocycles. The van der Waals surface area contributed by atoms with Gasteiger partial charge < -0.3 is 11.1 Å². The Morgan fingerprint density at radius 3 is 2.89 bits per heavy atom. The van der Waals surface area contributed by atoms with E-state index in [4.69, 9.17) is 5.73 Å². The molecule has 0 radical (unpaired) electrons. The molecule has 0 spiro atoms. The minimum absolute atomic E-state index is 0.558. The van der Waals surface area contributed by atoms with Gasteiger partial charge >= 0.3 is 0 Å². The van der Waals surface area contributed by atoms with Gasteiger partial charge in [0.2, 0.25) is 0 Å². The van der Waals surface area contributed by atoms with Crippen molar-refractivity contribution in [2.24, 2.45) is 0 Å². The summed E-state index contributed by atoms with van der Waals surface area (Å²) in [7, 11) is 0. The summed E-state index contributed by atoms with van der Waals surface area (Å²) in [6, 6.07) is 2.00. The van der Waals surface area contributed by atoms with E-state index in [0.29, 0.717) is 12.4 Å². The highest BCUT2D eigenvalue weighted by Gasteiger charge is 2.08. The Balaban J connectivity index is 2.16. The third-order valence-corrected chi connectivity index (χ3v) is 3.07. The molecule has 0 aliphatic carbocycles. The number of pyridine rings is 1. The molecule has 2 aromatic rings. The van der Waals surface area contributed by atoms with E-state index in [9.17, 15) is 0 Å². The van der Waals surface area contributed by atoms with Crippen LogP contribution in [-0.2, 0) is 13.0 Å². The summed E-state index contributed by atoms with van der Waals surface area (Å²) in [6.07, 6.45) is 7.04. The third kappa shape index (κ3) is 3.19. The monoisotopic (exact) mass is 257 g/mol. The summed E-state index contributed by atoms with van der Waals surface area (Å²) in [4.78, 5) is 12.5. The molecule has 100 valence electrons. The fraction of sp³-hybridized carbons (Fsp3) is 0.357. The molecule has 3 N–H and O–H groups in total. The number of rotatable bonds is 5. The lowest BCUT2D eigenvalue weighted by molar-refractivity contribution is 0.900. The van der Waals surface area contributed by atoms with Crippen LogP contribution < -0.4 is 11.1 Å². The molecule has 5 heteroatoms. The van der Waals surface area contributed by atoms with Gasteiger partial charge in [0.25, 0.3) is 0 Å². The Bertz CT molecular complexity index is 553. The highest BCUT2D eigenvalue weighted by Crippen LogP contribution is 2.20. The smallest absolute Gasteiger partial charge is 0.134 e. The maximum absolute atomic E-state index is 5.90. The number of nitrogens with two attached hydrogens (primary N) is 1. The summed E-state index contributed by atoms with van der Waals surface area (Å²) in [5, 5.41) is 3.32. The van der Waals surface area contributed by atoms with Crippen LogP contribution in [0.15, 0.2) is 24.8 Å². The van der Waals surface area contributed by atoms with Crippen molar-refractivity contribution in [3.8, 4) is 0 Å². The van der Waals surface area contributed by atoms with Crippen LogP contribution in [0.5, 0.6) is 0 Å². The number of nitrogen functional groups attached to an aromatic ring is 1. The summed E-state index contributed by atoms with van der Waals surface area (Å²) >= 11 is 0. The van der Waals surface area contributed by atoms with E-state index in [1.807, 2.05) is 12.3 Å². The van der Waals surface area contributed by atoms with E-state index in [1.54, 1.807) is 6.20 Å². The van der Waals surface area contributed by atoms with Crippen molar-refractivity contribution in [3.05, 3.63) is 41.5 Å². The van der Waals surface area contributed by atoms with E-state index in [2.05, 4.69) is 34.1 Å². The van der Waals surface area contributed by atoms with E-state index < -0.39 is 0 Å². The van der Waals surface area contributed by atoms with Crippen molar-refractivity contribution >= 4 is 11.6 Å².